The quantitative estimate of drug-likeness (QED) is 0.187. The maximum atomic E-state index is 12.3. The van der Waals surface area contributed by atoms with Gasteiger partial charge in [-0.15, -0.1) is 0 Å². The Bertz CT molecular complexity index is 3520. The SMILES string of the molecule is CC(C)(C)c1cc(-c2cc(-c3ccc4oc5ccccc5c4c3O)nc(-c3cc(-c4nc5ccccn5c4-c4ccccc4)cc4c3oc3ccccc34)c2)cc(C(C)(C)C)c1. The number of rotatable bonds is 5. The first-order chi connectivity index (χ1) is 29.9. The lowest BCUT2D eigenvalue weighted by Gasteiger charge is -2.26. The molecule has 0 saturated carbocycles. The molecule has 6 nitrogen and oxygen atoms in total. The van der Waals surface area contributed by atoms with Crippen molar-refractivity contribution in [1.29, 1.82) is 0 Å². The lowest BCUT2D eigenvalue weighted by molar-refractivity contribution is 0.483. The predicted octanol–water partition coefficient (Wildman–Crippen LogP) is 15.2. The molecule has 11 aromatic rings. The normalized spacial score (nSPS) is 12.4. The van der Waals surface area contributed by atoms with Crippen LogP contribution in [0.2, 0.25) is 0 Å². The van der Waals surface area contributed by atoms with Crippen LogP contribution in [-0.4, -0.2) is 19.5 Å². The van der Waals surface area contributed by atoms with Crippen LogP contribution in [0.25, 0.3) is 106 Å². The summed E-state index contributed by atoms with van der Waals surface area (Å²) >= 11 is 0. The van der Waals surface area contributed by atoms with Crippen molar-refractivity contribution in [1.82, 2.24) is 14.4 Å². The van der Waals surface area contributed by atoms with Crippen molar-refractivity contribution >= 4 is 49.5 Å². The summed E-state index contributed by atoms with van der Waals surface area (Å²) in [5, 5.41) is 15.7. The number of furan rings is 2. The highest BCUT2D eigenvalue weighted by Gasteiger charge is 2.25. The van der Waals surface area contributed by atoms with Gasteiger partial charge in [-0.3, -0.25) is 4.40 Å². The van der Waals surface area contributed by atoms with E-state index in [1.54, 1.807) is 0 Å². The zero-order valence-corrected chi connectivity index (χ0v) is 35.6. The molecule has 5 heterocycles. The number of aromatic hydroxyl groups is 1. The molecule has 0 atom stereocenters. The summed E-state index contributed by atoms with van der Waals surface area (Å²) in [5.41, 5.74) is 14.7. The van der Waals surface area contributed by atoms with Gasteiger partial charge in [-0.1, -0.05) is 133 Å². The van der Waals surface area contributed by atoms with Gasteiger partial charge in [-0.05, 0) is 93.7 Å². The molecule has 0 aliphatic carbocycles. The van der Waals surface area contributed by atoms with Gasteiger partial charge in [-0.2, -0.15) is 0 Å². The molecular weight excluding hydrogens is 763 g/mol. The lowest BCUT2D eigenvalue weighted by Crippen LogP contribution is -2.16. The second kappa shape index (κ2) is 13.8. The summed E-state index contributed by atoms with van der Waals surface area (Å²) in [5.74, 6) is 0.127. The van der Waals surface area contributed by atoms with Crippen molar-refractivity contribution in [2.75, 3.05) is 0 Å². The number of para-hydroxylation sites is 2. The van der Waals surface area contributed by atoms with E-state index in [1.165, 1.54) is 11.1 Å². The van der Waals surface area contributed by atoms with Crippen LogP contribution in [0.15, 0.2) is 167 Å². The molecule has 0 unspecified atom stereocenters. The molecule has 0 saturated heterocycles. The van der Waals surface area contributed by atoms with Gasteiger partial charge in [0.25, 0.3) is 0 Å². The second-order valence-electron chi connectivity index (χ2n) is 18.5. The Morgan fingerprint density at radius 3 is 1.84 bits per heavy atom. The van der Waals surface area contributed by atoms with Crippen LogP contribution < -0.4 is 0 Å². The number of hydrogen-bond donors (Lipinski definition) is 1. The monoisotopic (exact) mass is 807 g/mol. The van der Waals surface area contributed by atoms with Gasteiger partial charge in [0.2, 0.25) is 0 Å². The number of pyridine rings is 2. The fourth-order valence-corrected chi connectivity index (χ4v) is 8.86. The summed E-state index contributed by atoms with van der Waals surface area (Å²) in [6, 6.07) is 52.0. The highest BCUT2D eigenvalue weighted by Crippen LogP contribution is 2.46. The maximum absolute atomic E-state index is 12.3. The molecule has 0 aliphatic heterocycles. The Morgan fingerprint density at radius 1 is 0.484 bits per heavy atom. The van der Waals surface area contributed by atoms with E-state index in [0.29, 0.717) is 27.9 Å². The number of aromatic nitrogens is 3. The van der Waals surface area contributed by atoms with E-state index in [0.717, 1.165) is 77.8 Å². The van der Waals surface area contributed by atoms with E-state index in [9.17, 15) is 5.11 Å². The summed E-state index contributed by atoms with van der Waals surface area (Å²) in [6.45, 7) is 13.6. The fourth-order valence-electron chi connectivity index (χ4n) is 8.86. The van der Waals surface area contributed by atoms with Crippen LogP contribution >= 0.6 is 0 Å². The van der Waals surface area contributed by atoms with Gasteiger partial charge in [0.1, 0.15) is 33.7 Å². The van der Waals surface area contributed by atoms with Gasteiger partial charge in [0, 0.05) is 44.6 Å². The molecular formula is C56H45N3O3. The minimum absolute atomic E-state index is 0.0975. The minimum Gasteiger partial charge on any atom is -0.506 e. The maximum Gasteiger partial charge on any atom is 0.144 e. The van der Waals surface area contributed by atoms with E-state index in [2.05, 4.69) is 131 Å². The Balaban J connectivity index is 1.23. The summed E-state index contributed by atoms with van der Waals surface area (Å²) in [4.78, 5) is 10.8. The average molecular weight is 808 g/mol. The van der Waals surface area contributed by atoms with Crippen LogP contribution in [0.5, 0.6) is 5.75 Å². The van der Waals surface area contributed by atoms with Crippen LogP contribution in [0.4, 0.5) is 0 Å². The van der Waals surface area contributed by atoms with Gasteiger partial charge in [0.15, 0.2) is 0 Å². The Labute approximate surface area is 359 Å². The number of hydrogen-bond acceptors (Lipinski definition) is 5. The number of phenolic OH excluding ortho intramolecular Hbond substituents is 1. The molecule has 302 valence electrons. The van der Waals surface area contributed by atoms with Crippen molar-refractivity contribution in [3.05, 3.63) is 169 Å². The molecule has 0 spiro atoms. The third kappa shape index (κ3) is 6.16. The Hall–Kier alpha value is -7.44. The first-order valence-electron chi connectivity index (χ1n) is 21.2. The number of nitrogens with zero attached hydrogens (tertiary/aromatic N) is 3. The van der Waals surface area contributed by atoms with Crippen molar-refractivity contribution in [2.45, 2.75) is 52.4 Å². The molecule has 0 fully saturated rings. The van der Waals surface area contributed by atoms with Crippen LogP contribution in [0.1, 0.15) is 52.7 Å². The zero-order valence-electron chi connectivity index (χ0n) is 35.6. The molecule has 0 aliphatic rings. The molecule has 11 rings (SSSR count). The first-order valence-corrected chi connectivity index (χ1v) is 21.2. The first kappa shape index (κ1) is 37.6. The third-order valence-electron chi connectivity index (χ3n) is 12.2. The van der Waals surface area contributed by atoms with E-state index < -0.39 is 0 Å². The summed E-state index contributed by atoms with van der Waals surface area (Å²) < 4.78 is 15.2. The van der Waals surface area contributed by atoms with Crippen molar-refractivity contribution < 1.29 is 13.9 Å². The fraction of sp³-hybridized carbons (Fsp3) is 0.143. The van der Waals surface area contributed by atoms with Gasteiger partial charge < -0.3 is 13.9 Å². The molecule has 6 heteroatoms. The number of phenols is 1. The zero-order chi connectivity index (χ0) is 42.5. The molecule has 6 aromatic carbocycles. The van der Waals surface area contributed by atoms with Gasteiger partial charge >= 0.3 is 0 Å². The minimum atomic E-state index is -0.0975. The van der Waals surface area contributed by atoms with E-state index in [1.807, 2.05) is 72.8 Å². The van der Waals surface area contributed by atoms with Crippen LogP contribution in [0, 0.1) is 0 Å². The molecule has 0 amide bonds. The van der Waals surface area contributed by atoms with E-state index >= 15 is 0 Å². The van der Waals surface area contributed by atoms with Crippen molar-refractivity contribution in [3.8, 4) is 61.9 Å². The van der Waals surface area contributed by atoms with Crippen molar-refractivity contribution in [2.24, 2.45) is 0 Å². The second-order valence-corrected chi connectivity index (χ2v) is 18.5. The molecule has 5 aromatic heterocycles. The standard InChI is InChI=1S/C56H45N3O3/c1-55(2,3)37-26-34(27-38(32-37)56(4,5)6)35-30-44(40-23-24-48-50(53(40)60)41-19-11-13-21-47(41)61-48)57-45(31-35)43-29-36(28-42-39-18-10-12-20-46(39)62-54(42)43)51-52(33-16-8-7-9-17-33)59-25-15-14-22-49(59)58-51/h7-32,60H,1-6H3. The number of imidazole rings is 1. The molecule has 62 heavy (non-hydrogen) atoms. The van der Waals surface area contributed by atoms with Gasteiger partial charge in [0.05, 0.1) is 28.2 Å². The number of benzene rings is 6. The van der Waals surface area contributed by atoms with E-state index in [-0.39, 0.29) is 16.6 Å². The van der Waals surface area contributed by atoms with E-state index in [4.69, 9.17) is 18.8 Å². The molecule has 1 N–H and O–H groups in total. The summed E-state index contributed by atoms with van der Waals surface area (Å²) in [7, 11) is 0. The highest BCUT2D eigenvalue weighted by atomic mass is 16.3. The lowest BCUT2D eigenvalue weighted by atomic mass is 9.79. The van der Waals surface area contributed by atoms with Gasteiger partial charge in [-0.25, -0.2) is 9.97 Å². The molecule has 0 bridgehead atoms. The predicted molar refractivity (Wildman–Crippen MR) is 254 cm³/mol. The Morgan fingerprint density at radius 2 is 1.11 bits per heavy atom. The third-order valence-corrected chi connectivity index (χ3v) is 12.2. The number of fused-ring (bicyclic) bond motifs is 7. The largest absolute Gasteiger partial charge is 0.506 e. The summed E-state index contributed by atoms with van der Waals surface area (Å²) in [6.07, 6.45) is 2.07. The smallest absolute Gasteiger partial charge is 0.144 e. The average Bonchev–Trinajstić information content (AvgIpc) is 3.97. The van der Waals surface area contributed by atoms with Crippen LogP contribution in [0.3, 0.4) is 0 Å². The topological polar surface area (TPSA) is 76.7 Å². The Kier molecular flexibility index (Phi) is 8.36. The highest BCUT2D eigenvalue weighted by molar-refractivity contribution is 6.12. The van der Waals surface area contributed by atoms with Crippen LogP contribution in [-0.2, 0) is 10.8 Å². The molecule has 0 radical (unpaired) electrons. The van der Waals surface area contributed by atoms with Crippen molar-refractivity contribution in [3.63, 3.8) is 0 Å².